The zero-order valence-electron chi connectivity index (χ0n) is 20.7. The molecule has 5 nitrogen and oxygen atoms in total. The summed E-state index contributed by atoms with van der Waals surface area (Å²) < 4.78 is 17.7. The molecule has 1 aliphatic heterocycles. The largest absolute Gasteiger partial charge is 0.462 e. The highest BCUT2D eigenvalue weighted by atomic mass is 16.6. The summed E-state index contributed by atoms with van der Waals surface area (Å²) >= 11 is 0. The van der Waals surface area contributed by atoms with Gasteiger partial charge in [0.05, 0.1) is 24.0 Å². The van der Waals surface area contributed by atoms with Gasteiger partial charge in [-0.25, -0.2) is 0 Å². The standard InChI is InChI=1S/C26H46O5/c1-7-9-11-19(13-17(3)4)29-25(27)21-15-23-24(31-23)16-22(21)26(28)30-20(12-10-8-2)14-18(5)6/h17-24H,7-16H2,1-6H3. The van der Waals surface area contributed by atoms with Gasteiger partial charge in [-0.15, -0.1) is 0 Å². The van der Waals surface area contributed by atoms with E-state index in [1.54, 1.807) is 0 Å². The van der Waals surface area contributed by atoms with Gasteiger partial charge in [0.25, 0.3) is 0 Å². The smallest absolute Gasteiger partial charge is 0.310 e. The van der Waals surface area contributed by atoms with E-state index in [0.29, 0.717) is 24.7 Å². The molecule has 1 saturated heterocycles. The first-order valence-corrected chi connectivity index (χ1v) is 12.8. The molecule has 2 fully saturated rings. The van der Waals surface area contributed by atoms with E-state index >= 15 is 0 Å². The molecule has 0 bridgehead atoms. The van der Waals surface area contributed by atoms with Crippen LogP contribution in [-0.2, 0) is 23.8 Å². The molecule has 1 saturated carbocycles. The van der Waals surface area contributed by atoms with E-state index in [1.807, 2.05) is 0 Å². The van der Waals surface area contributed by atoms with Crippen molar-refractivity contribution in [3.8, 4) is 0 Å². The molecule has 0 N–H and O–H groups in total. The minimum atomic E-state index is -0.446. The SMILES string of the molecule is CCCCC(CC(C)C)OC(=O)C1CC2OC2CC1C(=O)OC(CCCC)CC(C)C. The number of hydrogen-bond acceptors (Lipinski definition) is 5. The number of fused-ring (bicyclic) bond motifs is 1. The first kappa shape index (κ1) is 26.2. The molecule has 0 aromatic rings. The highest BCUT2D eigenvalue weighted by Crippen LogP contribution is 2.44. The van der Waals surface area contributed by atoms with Crippen LogP contribution in [0, 0.1) is 23.7 Å². The van der Waals surface area contributed by atoms with Crippen molar-refractivity contribution in [1.82, 2.24) is 0 Å². The third-order valence-electron chi connectivity index (χ3n) is 6.54. The van der Waals surface area contributed by atoms with Crippen molar-refractivity contribution < 1.29 is 23.8 Å². The lowest BCUT2D eigenvalue weighted by atomic mass is 9.79. The lowest BCUT2D eigenvalue weighted by Gasteiger charge is -2.30. The normalized spacial score (nSPS) is 27.0. The highest BCUT2D eigenvalue weighted by Gasteiger charge is 2.54. The summed E-state index contributed by atoms with van der Waals surface area (Å²) in [4.78, 5) is 26.4. The van der Waals surface area contributed by atoms with Crippen molar-refractivity contribution in [3.05, 3.63) is 0 Å². The maximum Gasteiger partial charge on any atom is 0.310 e. The second-order valence-corrected chi connectivity index (χ2v) is 10.6. The first-order chi connectivity index (χ1) is 14.7. The summed E-state index contributed by atoms with van der Waals surface area (Å²) in [5, 5.41) is 0. The maximum absolute atomic E-state index is 13.2. The Morgan fingerprint density at radius 2 is 1.16 bits per heavy atom. The van der Waals surface area contributed by atoms with Gasteiger partial charge >= 0.3 is 11.9 Å². The van der Waals surface area contributed by atoms with Gasteiger partial charge in [-0.2, -0.15) is 0 Å². The lowest BCUT2D eigenvalue weighted by molar-refractivity contribution is -0.169. The molecular weight excluding hydrogens is 392 g/mol. The van der Waals surface area contributed by atoms with E-state index in [-0.39, 0.29) is 36.4 Å². The Morgan fingerprint density at radius 3 is 1.48 bits per heavy atom. The number of rotatable bonds is 14. The van der Waals surface area contributed by atoms with Gasteiger partial charge < -0.3 is 14.2 Å². The lowest BCUT2D eigenvalue weighted by Crippen LogP contribution is -2.40. The van der Waals surface area contributed by atoms with Gasteiger partial charge in [-0.1, -0.05) is 67.2 Å². The van der Waals surface area contributed by atoms with E-state index in [0.717, 1.165) is 51.4 Å². The Balaban J connectivity index is 2.04. The third-order valence-corrected chi connectivity index (χ3v) is 6.54. The van der Waals surface area contributed by atoms with Crippen LogP contribution in [0.1, 0.15) is 106 Å². The molecule has 0 radical (unpaired) electrons. The monoisotopic (exact) mass is 438 g/mol. The minimum Gasteiger partial charge on any atom is -0.462 e. The Hall–Kier alpha value is -1.10. The Kier molecular flexibility index (Phi) is 10.8. The molecule has 6 atom stereocenters. The van der Waals surface area contributed by atoms with Gasteiger partial charge in [0.1, 0.15) is 12.2 Å². The Bertz CT molecular complexity index is 510. The molecule has 2 aliphatic rings. The maximum atomic E-state index is 13.2. The molecule has 0 amide bonds. The Labute approximate surface area is 190 Å². The quantitative estimate of drug-likeness (QED) is 0.243. The average Bonchev–Trinajstić information content (AvgIpc) is 3.46. The summed E-state index contributed by atoms with van der Waals surface area (Å²) in [6, 6.07) is 0. The fraction of sp³-hybridized carbons (Fsp3) is 0.923. The van der Waals surface area contributed by atoms with Crippen LogP contribution in [0.3, 0.4) is 0 Å². The summed E-state index contributed by atoms with van der Waals surface area (Å²) in [6.45, 7) is 12.9. The van der Waals surface area contributed by atoms with Crippen molar-refractivity contribution in [3.63, 3.8) is 0 Å². The van der Waals surface area contributed by atoms with Crippen LogP contribution in [0.2, 0.25) is 0 Å². The van der Waals surface area contributed by atoms with Gasteiger partial charge in [-0.05, 0) is 50.4 Å². The molecule has 0 aromatic carbocycles. The summed E-state index contributed by atoms with van der Waals surface area (Å²) in [5.74, 6) is -0.420. The van der Waals surface area contributed by atoms with Gasteiger partial charge in [0.15, 0.2) is 0 Å². The van der Waals surface area contributed by atoms with Crippen LogP contribution in [0.25, 0.3) is 0 Å². The average molecular weight is 439 g/mol. The molecule has 2 rings (SSSR count). The second kappa shape index (κ2) is 12.8. The van der Waals surface area contributed by atoms with Crippen molar-refractivity contribution in [1.29, 1.82) is 0 Å². The van der Waals surface area contributed by atoms with Crippen LogP contribution in [0.4, 0.5) is 0 Å². The number of ether oxygens (including phenoxy) is 3. The fourth-order valence-corrected chi connectivity index (χ4v) is 4.81. The van der Waals surface area contributed by atoms with Crippen molar-refractivity contribution in [2.45, 2.75) is 130 Å². The van der Waals surface area contributed by atoms with E-state index in [2.05, 4.69) is 41.5 Å². The van der Waals surface area contributed by atoms with Crippen molar-refractivity contribution in [2.75, 3.05) is 0 Å². The number of carbonyl (C=O) groups excluding carboxylic acids is 2. The predicted octanol–water partition coefficient (Wildman–Crippen LogP) is 6.08. The van der Waals surface area contributed by atoms with Crippen LogP contribution in [0.5, 0.6) is 0 Å². The summed E-state index contributed by atoms with van der Waals surface area (Å²) in [7, 11) is 0. The Morgan fingerprint density at radius 1 is 0.774 bits per heavy atom. The number of esters is 2. The van der Waals surface area contributed by atoms with E-state index < -0.39 is 11.8 Å². The molecule has 1 heterocycles. The van der Waals surface area contributed by atoms with E-state index in [9.17, 15) is 9.59 Å². The zero-order valence-corrected chi connectivity index (χ0v) is 20.7. The van der Waals surface area contributed by atoms with Crippen LogP contribution < -0.4 is 0 Å². The zero-order chi connectivity index (χ0) is 23.0. The molecule has 0 spiro atoms. The molecule has 6 unspecified atom stereocenters. The predicted molar refractivity (Wildman–Crippen MR) is 123 cm³/mol. The van der Waals surface area contributed by atoms with Gasteiger partial charge in [0, 0.05) is 0 Å². The second-order valence-electron chi connectivity index (χ2n) is 10.6. The van der Waals surface area contributed by atoms with Crippen molar-refractivity contribution >= 4 is 11.9 Å². The van der Waals surface area contributed by atoms with Crippen molar-refractivity contribution in [2.24, 2.45) is 23.7 Å². The van der Waals surface area contributed by atoms with Crippen LogP contribution >= 0.6 is 0 Å². The number of epoxide rings is 1. The number of carbonyl (C=O) groups is 2. The van der Waals surface area contributed by atoms with Crippen LogP contribution in [-0.4, -0.2) is 36.4 Å². The fourth-order valence-electron chi connectivity index (χ4n) is 4.81. The highest BCUT2D eigenvalue weighted by molar-refractivity contribution is 5.83. The molecule has 180 valence electrons. The number of unbranched alkanes of at least 4 members (excludes halogenated alkanes) is 2. The van der Waals surface area contributed by atoms with Gasteiger partial charge in [-0.3, -0.25) is 9.59 Å². The molecule has 31 heavy (non-hydrogen) atoms. The third kappa shape index (κ3) is 8.75. The number of hydrogen-bond donors (Lipinski definition) is 0. The first-order valence-electron chi connectivity index (χ1n) is 12.8. The molecule has 1 aliphatic carbocycles. The van der Waals surface area contributed by atoms with E-state index in [1.165, 1.54) is 0 Å². The molecular formula is C26H46O5. The topological polar surface area (TPSA) is 65.1 Å². The molecule has 5 heteroatoms. The minimum absolute atomic E-state index is 0.0693. The van der Waals surface area contributed by atoms with Crippen LogP contribution in [0.15, 0.2) is 0 Å². The summed E-state index contributed by atoms with van der Waals surface area (Å²) in [6.07, 6.45) is 8.98. The van der Waals surface area contributed by atoms with Gasteiger partial charge in [0.2, 0.25) is 0 Å². The molecule has 0 aromatic heterocycles. The summed E-state index contributed by atoms with van der Waals surface area (Å²) in [5.41, 5.74) is 0. The van der Waals surface area contributed by atoms with E-state index in [4.69, 9.17) is 14.2 Å².